The molecule has 13 atom stereocenters. The number of ether oxygens (including phenoxy) is 1. The van der Waals surface area contributed by atoms with Gasteiger partial charge in [0.25, 0.3) is 5.91 Å². The standard InChI is InChI=1S/C69H117N11O14/c1-37(2)31-49-64(88)77(21)52(34-40(7)8)60(84)71-46(17)69(93)94-59(43(13)14)68(92)78(22)53(35-41(9)10)62(86)73-50(32-38(3)4)65(89)79(23)56(42(11)12)67(91)80(24)57(58(83)44(15)27-25-29-48-30-26-28-45(16)70-48)63(87)74-55(47(18)81)66(90)75(19)36-54(82)76(20)51(33-39(5)6)61(85)72-49/h25-26,28-30,37-44,46-47,49-53,55-59,81,83H,27,31-36H2,1-24H3,(H,71,84)(H,72,85)(H,73,86)(H,74,87)/t44-,46-,47-,49-,50-,51+,52-,53-,55-,56-,57-,58-,59+/m1/s1. The van der Waals surface area contributed by atoms with E-state index in [-0.39, 0.29) is 68.1 Å². The number of likely N-dealkylation sites (N-methyl/N-ethyl adjacent to an activating group) is 6. The Hall–Kier alpha value is -7.02. The van der Waals surface area contributed by atoms with Gasteiger partial charge in [-0.3, -0.25) is 52.9 Å². The molecule has 1 fully saturated rings. The molecular weight excluding hydrogens is 1210 g/mol. The molecule has 532 valence electrons. The molecule has 25 nitrogen and oxygen atoms in total. The normalized spacial score (nSPS) is 25.7. The number of hydrogen-bond acceptors (Lipinski definition) is 15. The second kappa shape index (κ2) is 37.9. The molecule has 1 saturated heterocycles. The first kappa shape index (κ1) is 83.1. The number of nitrogens with zero attached hydrogens (tertiary/aromatic N) is 7. The number of amides is 10. The van der Waals surface area contributed by atoms with Crippen LogP contribution in [0.1, 0.15) is 168 Å². The van der Waals surface area contributed by atoms with Gasteiger partial charge in [0, 0.05) is 48.0 Å². The highest BCUT2D eigenvalue weighted by molar-refractivity contribution is 5.99. The number of nitrogens with one attached hydrogen (secondary N) is 4. The summed E-state index contributed by atoms with van der Waals surface area (Å²) in [6.07, 6.45) is -0.636. The maximum absolute atomic E-state index is 15.3. The Morgan fingerprint density at radius 3 is 1.39 bits per heavy atom. The Balaban J connectivity index is 3.05. The fourth-order valence-electron chi connectivity index (χ4n) is 11.5. The van der Waals surface area contributed by atoms with E-state index in [1.54, 1.807) is 52.8 Å². The van der Waals surface area contributed by atoms with Crippen molar-refractivity contribution in [3.8, 4) is 0 Å². The molecule has 1 aliphatic heterocycles. The Morgan fingerprint density at radius 2 is 0.957 bits per heavy atom. The number of aliphatic hydroxyl groups is 2. The number of aromatic nitrogens is 1. The molecule has 0 unspecified atom stereocenters. The molecule has 6 N–H and O–H groups in total. The number of aryl methyl sites for hydroxylation is 1. The van der Waals surface area contributed by atoms with Gasteiger partial charge in [0.2, 0.25) is 53.2 Å². The summed E-state index contributed by atoms with van der Waals surface area (Å²) in [5.41, 5.74) is 1.40. The van der Waals surface area contributed by atoms with Gasteiger partial charge in [-0.2, -0.15) is 0 Å². The zero-order valence-electron chi connectivity index (χ0n) is 60.8. The third-order valence-electron chi connectivity index (χ3n) is 17.0. The highest BCUT2D eigenvalue weighted by Crippen LogP contribution is 2.25. The lowest BCUT2D eigenvalue weighted by atomic mass is 9.91. The summed E-state index contributed by atoms with van der Waals surface area (Å²) in [4.78, 5) is 173. The van der Waals surface area contributed by atoms with Crippen LogP contribution in [0.3, 0.4) is 0 Å². The lowest BCUT2D eigenvalue weighted by molar-refractivity contribution is -0.166. The number of pyridine rings is 1. The molecule has 94 heavy (non-hydrogen) atoms. The summed E-state index contributed by atoms with van der Waals surface area (Å²) in [6, 6.07) is -6.97. The van der Waals surface area contributed by atoms with Gasteiger partial charge < -0.3 is 65.6 Å². The smallest absolute Gasteiger partial charge is 0.329 e. The number of allylic oxidation sites excluding steroid dienone is 1. The number of carbonyl (C=O) groups is 11. The van der Waals surface area contributed by atoms with Crippen LogP contribution in [0.2, 0.25) is 0 Å². The van der Waals surface area contributed by atoms with E-state index in [0.29, 0.717) is 5.69 Å². The van der Waals surface area contributed by atoms with Crippen molar-refractivity contribution >= 4 is 71.1 Å². The van der Waals surface area contributed by atoms with Crippen LogP contribution in [0.25, 0.3) is 6.08 Å². The number of carbonyl (C=O) groups excluding carboxylic acids is 11. The Kier molecular flexibility index (Phi) is 33.5. The van der Waals surface area contributed by atoms with Crippen molar-refractivity contribution in [2.75, 3.05) is 48.8 Å². The second-order valence-electron chi connectivity index (χ2n) is 28.8. The molecule has 1 aromatic rings. The van der Waals surface area contributed by atoms with Gasteiger partial charge in [-0.1, -0.05) is 116 Å². The lowest BCUT2D eigenvalue weighted by Gasteiger charge is -2.40. The van der Waals surface area contributed by atoms with E-state index in [4.69, 9.17) is 4.74 Å². The van der Waals surface area contributed by atoms with Crippen LogP contribution < -0.4 is 21.3 Å². The predicted molar refractivity (Wildman–Crippen MR) is 360 cm³/mol. The third-order valence-corrected chi connectivity index (χ3v) is 17.0. The van der Waals surface area contributed by atoms with Crippen molar-refractivity contribution in [1.82, 2.24) is 55.7 Å². The van der Waals surface area contributed by atoms with Crippen LogP contribution in [0.15, 0.2) is 24.3 Å². The molecule has 0 radical (unpaired) electrons. The summed E-state index contributed by atoms with van der Waals surface area (Å²) in [7, 11) is 8.11. The zero-order chi connectivity index (χ0) is 72.2. The van der Waals surface area contributed by atoms with Crippen molar-refractivity contribution in [3.63, 3.8) is 0 Å². The SMILES string of the molecule is Cc1cccc(C=CC[C@@H](C)[C@@H](O)[C@@H]2C(=O)N[C@H]([C@@H](C)O)C(=O)N(C)CC(=O)N(C)[C@@H](CC(C)C)C(=O)N[C@H](CC(C)C)C(=O)N(C)[C@H](CC(C)C)C(=O)N[C@H](C)C(=O)O[C@@H](C(C)C)C(=O)N(C)[C@H](CC(C)C)C(=O)N[C@H](CC(C)C)C(=O)N(C)[C@H](C(C)C)C(=O)N2C)n1. The van der Waals surface area contributed by atoms with E-state index in [0.717, 1.165) is 20.4 Å². The van der Waals surface area contributed by atoms with Crippen molar-refractivity contribution < 1.29 is 67.7 Å². The summed E-state index contributed by atoms with van der Waals surface area (Å²) in [5.74, 6) is -11.9. The van der Waals surface area contributed by atoms with Gasteiger partial charge in [-0.25, -0.2) is 4.79 Å². The Labute approximate surface area is 560 Å². The molecule has 2 rings (SSSR count). The van der Waals surface area contributed by atoms with Crippen LogP contribution in [0.4, 0.5) is 0 Å². The number of hydrogen-bond donors (Lipinski definition) is 6. The molecular formula is C69H117N11O14. The fraction of sp³-hybridized carbons (Fsp3) is 0.739. The van der Waals surface area contributed by atoms with Gasteiger partial charge >= 0.3 is 5.97 Å². The molecule has 0 aromatic carbocycles. The van der Waals surface area contributed by atoms with E-state index >= 15 is 14.4 Å². The minimum atomic E-state index is -1.80. The molecule has 1 aromatic heterocycles. The maximum atomic E-state index is 15.3. The molecule has 0 saturated carbocycles. The zero-order valence-corrected chi connectivity index (χ0v) is 60.8. The molecule has 1 aliphatic rings. The van der Waals surface area contributed by atoms with Gasteiger partial charge in [-0.15, -0.1) is 0 Å². The average Bonchev–Trinajstić information content (AvgIpc) is 0.812. The van der Waals surface area contributed by atoms with Gasteiger partial charge in [0.1, 0.15) is 54.4 Å². The van der Waals surface area contributed by atoms with Crippen LogP contribution in [-0.4, -0.2) is 231 Å². The van der Waals surface area contributed by atoms with Crippen molar-refractivity contribution in [2.45, 2.75) is 236 Å². The van der Waals surface area contributed by atoms with E-state index in [9.17, 15) is 48.6 Å². The van der Waals surface area contributed by atoms with Crippen molar-refractivity contribution in [3.05, 3.63) is 35.7 Å². The van der Waals surface area contributed by atoms with E-state index < -0.39 is 162 Å². The Morgan fingerprint density at radius 1 is 0.521 bits per heavy atom. The number of esters is 1. The van der Waals surface area contributed by atoms with Gasteiger partial charge in [-0.05, 0) is 125 Å². The minimum absolute atomic E-state index is 0.0671. The number of rotatable bonds is 18. The summed E-state index contributed by atoms with van der Waals surface area (Å²) in [5, 5.41) is 34.7. The molecule has 0 spiro atoms. The van der Waals surface area contributed by atoms with Crippen LogP contribution in [0.5, 0.6) is 0 Å². The second-order valence-corrected chi connectivity index (χ2v) is 28.8. The van der Waals surface area contributed by atoms with Crippen molar-refractivity contribution in [1.29, 1.82) is 0 Å². The highest BCUT2D eigenvalue weighted by Gasteiger charge is 2.46. The molecule has 2 heterocycles. The van der Waals surface area contributed by atoms with E-state index in [1.807, 2.05) is 88.3 Å². The average molecular weight is 1320 g/mol. The first-order valence-electron chi connectivity index (χ1n) is 33.4. The summed E-state index contributed by atoms with van der Waals surface area (Å²) in [6.45, 7) is 30.5. The van der Waals surface area contributed by atoms with Crippen LogP contribution in [-0.2, 0) is 57.5 Å². The first-order chi connectivity index (χ1) is 43.5. The van der Waals surface area contributed by atoms with Crippen LogP contribution >= 0.6 is 0 Å². The largest absolute Gasteiger partial charge is 0.450 e. The quantitative estimate of drug-likeness (QED) is 0.112. The van der Waals surface area contributed by atoms with Gasteiger partial charge in [0.15, 0.2) is 6.10 Å². The highest BCUT2D eigenvalue weighted by atomic mass is 16.6. The van der Waals surface area contributed by atoms with Crippen molar-refractivity contribution in [2.24, 2.45) is 47.3 Å². The van der Waals surface area contributed by atoms with Gasteiger partial charge in [0.05, 0.1) is 24.4 Å². The summed E-state index contributed by atoms with van der Waals surface area (Å²) >= 11 is 0. The molecule has 0 aliphatic carbocycles. The molecule has 0 bridgehead atoms. The third kappa shape index (κ3) is 24.3. The summed E-state index contributed by atoms with van der Waals surface area (Å²) < 4.78 is 5.91. The topological polar surface area (TPSA) is 318 Å². The predicted octanol–water partition coefficient (Wildman–Crippen LogP) is 4.19. The minimum Gasteiger partial charge on any atom is -0.450 e. The maximum Gasteiger partial charge on any atom is 0.329 e. The van der Waals surface area contributed by atoms with E-state index in [2.05, 4.69) is 26.3 Å². The number of aliphatic hydroxyl groups excluding tert-OH is 2. The lowest BCUT2D eigenvalue weighted by Crippen LogP contribution is -2.64. The molecule has 10 amide bonds. The number of cyclic esters (lactones) is 1. The van der Waals surface area contributed by atoms with Crippen LogP contribution in [0, 0.1) is 54.3 Å². The van der Waals surface area contributed by atoms with E-state index in [1.165, 1.54) is 70.8 Å². The molecule has 25 heteroatoms. The Bertz CT molecular complexity index is 2770. The fourth-order valence-corrected chi connectivity index (χ4v) is 11.5. The first-order valence-corrected chi connectivity index (χ1v) is 33.4. The monoisotopic (exact) mass is 1320 g/mol.